The summed E-state index contributed by atoms with van der Waals surface area (Å²) in [6, 6.07) is 13.3. The number of amides is 2. The molecule has 5 rings (SSSR count). The molecule has 1 N–H and O–H groups in total. The summed E-state index contributed by atoms with van der Waals surface area (Å²) in [5, 5.41) is 2.86. The zero-order chi connectivity index (χ0) is 26.1. The first-order valence-electron chi connectivity index (χ1n) is 12.3. The molecule has 2 aromatic carbocycles. The van der Waals surface area contributed by atoms with Crippen molar-refractivity contribution in [3.8, 4) is 11.1 Å². The van der Waals surface area contributed by atoms with Crippen molar-refractivity contribution < 1.29 is 18.4 Å². The van der Waals surface area contributed by atoms with Gasteiger partial charge in [0.1, 0.15) is 5.82 Å². The van der Waals surface area contributed by atoms with Crippen molar-refractivity contribution >= 4 is 34.7 Å². The van der Waals surface area contributed by atoms with Crippen molar-refractivity contribution in [2.75, 3.05) is 11.9 Å². The number of carbonyl (C=O) groups excluding carboxylic acids is 2. The fourth-order valence-corrected chi connectivity index (χ4v) is 5.25. The number of para-hydroxylation sites is 1. The van der Waals surface area contributed by atoms with Crippen molar-refractivity contribution in [1.29, 1.82) is 0 Å². The molecule has 5 nitrogen and oxygen atoms in total. The second-order valence-corrected chi connectivity index (χ2v) is 9.93. The van der Waals surface area contributed by atoms with E-state index in [1.807, 2.05) is 43.3 Å². The average molecular weight is 522 g/mol. The number of rotatable bonds is 2. The van der Waals surface area contributed by atoms with Crippen molar-refractivity contribution in [1.82, 2.24) is 9.88 Å². The molecule has 0 spiro atoms. The number of hydrogen-bond donors (Lipinski definition) is 1. The van der Waals surface area contributed by atoms with Gasteiger partial charge in [-0.2, -0.15) is 0 Å². The number of pyridine rings is 1. The normalized spacial score (nSPS) is 20.3. The third kappa shape index (κ3) is 5.01. The fourth-order valence-electron chi connectivity index (χ4n) is 5.09. The van der Waals surface area contributed by atoms with Gasteiger partial charge in [0.25, 0.3) is 0 Å². The summed E-state index contributed by atoms with van der Waals surface area (Å²) < 4.78 is 29.1. The summed E-state index contributed by atoms with van der Waals surface area (Å²) in [5.74, 6) is -2.21. The van der Waals surface area contributed by atoms with Crippen LogP contribution in [-0.4, -0.2) is 28.2 Å². The average Bonchev–Trinajstić information content (AvgIpc) is 2.89. The van der Waals surface area contributed by atoms with Crippen LogP contribution in [0.2, 0.25) is 5.02 Å². The first-order chi connectivity index (χ1) is 17.8. The highest BCUT2D eigenvalue weighted by molar-refractivity contribution is 6.31. The molecule has 0 fully saturated rings. The minimum Gasteiger partial charge on any atom is -0.330 e. The van der Waals surface area contributed by atoms with Crippen molar-refractivity contribution in [2.45, 2.75) is 38.6 Å². The fraction of sp³-hybridized carbons (Fsp3) is 0.276. The van der Waals surface area contributed by atoms with Gasteiger partial charge in [0, 0.05) is 36.0 Å². The molecule has 0 aliphatic carbocycles. The standard InChI is InChI=1S/C29H26ClF2N3O2/c1-17-5-4-8-25(24-15-18(11-13-33-24)20-6-2-3-7-23(20)34-29(17)37)35-14-12-19(16-26(35)36)27-22(31)10-9-21(30)28(27)32/h2-3,6-7,9-11,13,15-17,25H,4-5,8,12,14H2,1H3,(H,34,37). The van der Waals surface area contributed by atoms with E-state index in [0.29, 0.717) is 19.3 Å². The van der Waals surface area contributed by atoms with Gasteiger partial charge in [-0.3, -0.25) is 14.6 Å². The van der Waals surface area contributed by atoms with Gasteiger partial charge in [-0.1, -0.05) is 43.1 Å². The van der Waals surface area contributed by atoms with Crippen LogP contribution >= 0.6 is 11.6 Å². The van der Waals surface area contributed by atoms with Crippen LogP contribution < -0.4 is 5.32 Å². The zero-order valence-corrected chi connectivity index (χ0v) is 21.1. The van der Waals surface area contributed by atoms with Gasteiger partial charge in [-0.05, 0) is 60.7 Å². The lowest BCUT2D eigenvalue weighted by atomic mass is 9.92. The van der Waals surface area contributed by atoms with E-state index in [0.717, 1.165) is 34.6 Å². The molecule has 190 valence electrons. The molecule has 2 amide bonds. The topological polar surface area (TPSA) is 62.3 Å². The van der Waals surface area contributed by atoms with Crippen LogP contribution in [0.15, 0.2) is 60.8 Å². The van der Waals surface area contributed by atoms with Crippen LogP contribution in [-0.2, 0) is 9.59 Å². The number of anilines is 1. The Labute approximate surface area is 219 Å². The van der Waals surface area contributed by atoms with E-state index >= 15 is 0 Å². The quantitative estimate of drug-likeness (QED) is 0.377. The molecule has 0 saturated carbocycles. The van der Waals surface area contributed by atoms with E-state index in [1.165, 1.54) is 6.08 Å². The maximum atomic E-state index is 14.6. The Bertz CT molecular complexity index is 1410. The number of aromatic nitrogens is 1. The van der Waals surface area contributed by atoms with Crippen LogP contribution in [0.4, 0.5) is 14.5 Å². The van der Waals surface area contributed by atoms with E-state index in [4.69, 9.17) is 11.6 Å². The second kappa shape index (κ2) is 10.4. The van der Waals surface area contributed by atoms with Gasteiger partial charge in [-0.15, -0.1) is 0 Å². The Kier molecular flexibility index (Phi) is 7.07. The molecule has 8 heteroatoms. The van der Waals surface area contributed by atoms with E-state index in [9.17, 15) is 18.4 Å². The Morgan fingerprint density at radius 2 is 1.89 bits per heavy atom. The summed E-state index contributed by atoms with van der Waals surface area (Å²) in [5.41, 5.74) is 3.23. The van der Waals surface area contributed by atoms with E-state index in [2.05, 4.69) is 10.3 Å². The van der Waals surface area contributed by atoms with Gasteiger partial charge in [-0.25, -0.2) is 8.78 Å². The molecule has 2 bridgehead atoms. The lowest BCUT2D eigenvalue weighted by molar-refractivity contribution is -0.129. The largest absolute Gasteiger partial charge is 0.330 e. The minimum absolute atomic E-state index is 0.0500. The number of nitrogens with one attached hydrogen (secondary N) is 1. The summed E-state index contributed by atoms with van der Waals surface area (Å²) >= 11 is 5.87. The highest BCUT2D eigenvalue weighted by atomic mass is 35.5. The van der Waals surface area contributed by atoms with E-state index < -0.39 is 11.6 Å². The van der Waals surface area contributed by atoms with Crippen LogP contribution in [0.1, 0.15) is 49.9 Å². The summed E-state index contributed by atoms with van der Waals surface area (Å²) in [6.07, 6.45) is 5.23. The van der Waals surface area contributed by atoms with Gasteiger partial charge in [0.2, 0.25) is 11.8 Å². The second-order valence-electron chi connectivity index (χ2n) is 9.52. The first kappa shape index (κ1) is 25.1. The predicted molar refractivity (Wildman–Crippen MR) is 140 cm³/mol. The van der Waals surface area contributed by atoms with Crippen molar-refractivity contribution in [3.05, 3.63) is 88.7 Å². The first-order valence-corrected chi connectivity index (χ1v) is 12.7. The molecule has 37 heavy (non-hydrogen) atoms. The monoisotopic (exact) mass is 521 g/mol. The Morgan fingerprint density at radius 3 is 2.70 bits per heavy atom. The third-order valence-electron chi connectivity index (χ3n) is 7.12. The van der Waals surface area contributed by atoms with Gasteiger partial charge >= 0.3 is 0 Å². The smallest absolute Gasteiger partial charge is 0.247 e. The molecule has 0 radical (unpaired) electrons. The van der Waals surface area contributed by atoms with Gasteiger partial charge in [0.05, 0.1) is 22.3 Å². The molecular weight excluding hydrogens is 496 g/mol. The summed E-state index contributed by atoms with van der Waals surface area (Å²) in [6.45, 7) is 2.17. The molecule has 2 aliphatic heterocycles. The lowest BCUT2D eigenvalue weighted by Crippen LogP contribution is -2.38. The highest BCUT2D eigenvalue weighted by Crippen LogP contribution is 2.37. The summed E-state index contributed by atoms with van der Waals surface area (Å²) in [4.78, 5) is 32.5. The number of halogens is 3. The summed E-state index contributed by atoms with van der Waals surface area (Å²) in [7, 11) is 0. The SMILES string of the molecule is CC1CCCC(N2CCC(c3c(F)ccc(Cl)c3F)=CC2=O)c2cc(ccn2)-c2ccccc2NC1=O. The van der Waals surface area contributed by atoms with E-state index in [-0.39, 0.29) is 52.9 Å². The van der Waals surface area contributed by atoms with Crippen LogP contribution in [0.25, 0.3) is 16.7 Å². The van der Waals surface area contributed by atoms with Crippen molar-refractivity contribution in [2.24, 2.45) is 5.92 Å². The zero-order valence-electron chi connectivity index (χ0n) is 20.3. The van der Waals surface area contributed by atoms with Gasteiger partial charge < -0.3 is 10.2 Å². The lowest BCUT2D eigenvalue weighted by Gasteiger charge is -2.34. The maximum Gasteiger partial charge on any atom is 0.247 e. The highest BCUT2D eigenvalue weighted by Gasteiger charge is 2.31. The molecule has 3 heterocycles. The number of carbonyl (C=O) groups is 2. The molecule has 3 aromatic rings. The molecule has 2 unspecified atom stereocenters. The minimum atomic E-state index is -0.861. The number of nitrogens with zero attached hydrogens (tertiary/aromatic N) is 2. The molecule has 0 saturated heterocycles. The van der Waals surface area contributed by atoms with E-state index in [1.54, 1.807) is 11.1 Å². The Morgan fingerprint density at radius 1 is 1.08 bits per heavy atom. The third-order valence-corrected chi connectivity index (χ3v) is 7.42. The predicted octanol–water partition coefficient (Wildman–Crippen LogP) is 6.80. The number of hydrogen-bond acceptors (Lipinski definition) is 3. The Hall–Kier alpha value is -3.58. The van der Waals surface area contributed by atoms with Crippen LogP contribution in [0.3, 0.4) is 0 Å². The molecule has 2 atom stereocenters. The van der Waals surface area contributed by atoms with Crippen LogP contribution in [0, 0.1) is 17.6 Å². The molecule has 2 aliphatic rings. The van der Waals surface area contributed by atoms with Crippen molar-refractivity contribution in [3.63, 3.8) is 0 Å². The van der Waals surface area contributed by atoms with Crippen LogP contribution in [0.5, 0.6) is 0 Å². The number of fused-ring (bicyclic) bond motifs is 4. The maximum absolute atomic E-state index is 14.6. The molecular formula is C29H26ClF2N3O2. The Balaban J connectivity index is 1.52. The molecule has 1 aromatic heterocycles. The van der Waals surface area contributed by atoms with Gasteiger partial charge in [0.15, 0.2) is 5.82 Å². The number of benzene rings is 2.